The first-order valence-corrected chi connectivity index (χ1v) is 7.72. The smallest absolute Gasteiger partial charge is 0.214 e. The van der Waals surface area contributed by atoms with Gasteiger partial charge in [0.15, 0.2) is 0 Å². The first kappa shape index (κ1) is 15.6. The molecule has 0 heterocycles. The molecule has 1 atom stereocenters. The van der Waals surface area contributed by atoms with E-state index in [1.807, 2.05) is 0 Å². The van der Waals surface area contributed by atoms with Crippen LogP contribution in [0.3, 0.4) is 0 Å². The summed E-state index contributed by atoms with van der Waals surface area (Å²) in [5.41, 5.74) is 0.671. The molecule has 0 aliphatic rings. The van der Waals surface area contributed by atoms with Crippen molar-refractivity contribution in [1.82, 2.24) is 4.72 Å². The van der Waals surface area contributed by atoms with Gasteiger partial charge in [0.25, 0.3) is 0 Å². The van der Waals surface area contributed by atoms with Crippen LogP contribution in [0.25, 0.3) is 0 Å². The maximum atomic E-state index is 12.9. The number of hydrogen-bond donors (Lipinski definition) is 1. The molecule has 0 radical (unpaired) electrons. The van der Waals surface area contributed by atoms with E-state index in [0.717, 1.165) is 0 Å². The standard InChI is InChI=1S/C11H15BrFNO3S/c1-8(17-2)7-18(15,16)14-6-9-3-4-10(13)5-11(9)12/h3-5,8,14H,6-7H2,1-2H3. The van der Waals surface area contributed by atoms with Gasteiger partial charge in [-0.25, -0.2) is 17.5 Å². The van der Waals surface area contributed by atoms with E-state index in [-0.39, 0.29) is 24.2 Å². The molecule has 0 amide bonds. The topological polar surface area (TPSA) is 55.4 Å². The lowest BCUT2D eigenvalue weighted by Crippen LogP contribution is -2.31. The molecule has 0 aliphatic carbocycles. The number of sulfonamides is 1. The second kappa shape index (κ2) is 6.60. The molecule has 0 bridgehead atoms. The minimum absolute atomic E-state index is 0.109. The van der Waals surface area contributed by atoms with Gasteiger partial charge in [-0.05, 0) is 24.6 Å². The molecule has 0 aromatic heterocycles. The van der Waals surface area contributed by atoms with Crippen LogP contribution in [0.2, 0.25) is 0 Å². The summed E-state index contributed by atoms with van der Waals surface area (Å²) in [5, 5.41) is 0. The van der Waals surface area contributed by atoms with Crippen molar-refractivity contribution in [3.63, 3.8) is 0 Å². The first-order chi connectivity index (χ1) is 8.34. The lowest BCUT2D eigenvalue weighted by molar-refractivity contribution is 0.136. The minimum Gasteiger partial charge on any atom is -0.381 e. The van der Waals surface area contributed by atoms with Gasteiger partial charge in [0.05, 0.1) is 11.9 Å². The van der Waals surface area contributed by atoms with Crippen LogP contribution in [-0.2, 0) is 21.3 Å². The van der Waals surface area contributed by atoms with E-state index in [1.54, 1.807) is 6.92 Å². The van der Waals surface area contributed by atoms with Crippen molar-refractivity contribution < 1.29 is 17.5 Å². The SMILES string of the molecule is COC(C)CS(=O)(=O)NCc1ccc(F)cc1Br. The second-order valence-corrected chi connectivity index (χ2v) is 6.59. The molecule has 0 fully saturated rings. The van der Waals surface area contributed by atoms with Crippen molar-refractivity contribution in [3.05, 3.63) is 34.1 Å². The van der Waals surface area contributed by atoms with Gasteiger partial charge in [-0.15, -0.1) is 0 Å². The van der Waals surface area contributed by atoms with Gasteiger partial charge < -0.3 is 4.74 Å². The molecule has 0 saturated heterocycles. The first-order valence-electron chi connectivity index (χ1n) is 5.28. The summed E-state index contributed by atoms with van der Waals surface area (Å²) in [6.45, 7) is 1.78. The summed E-state index contributed by atoms with van der Waals surface area (Å²) in [6, 6.07) is 4.11. The molecule has 4 nitrogen and oxygen atoms in total. The lowest BCUT2D eigenvalue weighted by atomic mass is 10.2. The molecule has 7 heteroatoms. The third kappa shape index (κ3) is 5.01. The fourth-order valence-corrected chi connectivity index (χ4v) is 3.03. The Labute approximate surface area is 115 Å². The predicted octanol–water partition coefficient (Wildman–Crippen LogP) is 2.04. The third-order valence-corrected chi connectivity index (χ3v) is 4.58. The highest BCUT2D eigenvalue weighted by molar-refractivity contribution is 9.10. The second-order valence-electron chi connectivity index (χ2n) is 3.88. The van der Waals surface area contributed by atoms with Crippen molar-refractivity contribution in [1.29, 1.82) is 0 Å². The number of rotatable bonds is 6. The van der Waals surface area contributed by atoms with Crippen LogP contribution in [0.15, 0.2) is 22.7 Å². The Morgan fingerprint density at radius 2 is 2.17 bits per heavy atom. The molecule has 102 valence electrons. The quantitative estimate of drug-likeness (QED) is 0.862. The van der Waals surface area contributed by atoms with E-state index in [1.165, 1.54) is 25.3 Å². The maximum Gasteiger partial charge on any atom is 0.214 e. The van der Waals surface area contributed by atoms with Crippen molar-refractivity contribution in [2.75, 3.05) is 12.9 Å². The van der Waals surface area contributed by atoms with Crippen LogP contribution in [0.4, 0.5) is 4.39 Å². The highest BCUT2D eigenvalue weighted by Crippen LogP contribution is 2.18. The van der Waals surface area contributed by atoms with Gasteiger partial charge in [-0.2, -0.15) is 0 Å². The van der Waals surface area contributed by atoms with Gasteiger partial charge in [-0.1, -0.05) is 22.0 Å². The largest absolute Gasteiger partial charge is 0.381 e. The van der Waals surface area contributed by atoms with Crippen molar-refractivity contribution in [2.24, 2.45) is 0 Å². The summed E-state index contributed by atoms with van der Waals surface area (Å²) >= 11 is 3.18. The van der Waals surface area contributed by atoms with E-state index in [2.05, 4.69) is 20.7 Å². The summed E-state index contributed by atoms with van der Waals surface area (Å²) in [4.78, 5) is 0. The zero-order chi connectivity index (χ0) is 13.8. The number of benzene rings is 1. The van der Waals surface area contributed by atoms with Crippen LogP contribution < -0.4 is 4.72 Å². The summed E-state index contributed by atoms with van der Waals surface area (Å²) in [6.07, 6.45) is -0.376. The fourth-order valence-electron chi connectivity index (χ4n) is 1.29. The van der Waals surface area contributed by atoms with E-state index in [0.29, 0.717) is 10.0 Å². The lowest BCUT2D eigenvalue weighted by Gasteiger charge is -2.11. The van der Waals surface area contributed by atoms with E-state index in [4.69, 9.17) is 4.74 Å². The Hall–Kier alpha value is -0.500. The van der Waals surface area contributed by atoms with Crippen LogP contribution in [-0.4, -0.2) is 27.4 Å². The Morgan fingerprint density at radius 1 is 1.50 bits per heavy atom. The number of halogens is 2. The van der Waals surface area contributed by atoms with E-state index >= 15 is 0 Å². The van der Waals surface area contributed by atoms with Crippen molar-refractivity contribution in [3.8, 4) is 0 Å². The minimum atomic E-state index is -3.41. The number of nitrogens with one attached hydrogen (secondary N) is 1. The van der Waals surface area contributed by atoms with Gasteiger partial charge in [0.1, 0.15) is 5.82 Å². The number of hydrogen-bond acceptors (Lipinski definition) is 3. The molecule has 1 aromatic carbocycles. The van der Waals surface area contributed by atoms with E-state index in [9.17, 15) is 12.8 Å². The predicted molar refractivity (Wildman–Crippen MR) is 71.2 cm³/mol. The summed E-state index contributed by atoms with van der Waals surface area (Å²) < 4.78 is 44.1. The van der Waals surface area contributed by atoms with Crippen LogP contribution in [0, 0.1) is 5.82 Å². The van der Waals surface area contributed by atoms with Crippen molar-refractivity contribution in [2.45, 2.75) is 19.6 Å². The third-order valence-electron chi connectivity index (χ3n) is 2.35. The number of ether oxygens (including phenoxy) is 1. The van der Waals surface area contributed by atoms with Crippen LogP contribution >= 0.6 is 15.9 Å². The molecule has 1 N–H and O–H groups in total. The molecule has 1 aromatic rings. The molecule has 1 rings (SSSR count). The Bertz CT molecular complexity index is 507. The monoisotopic (exact) mass is 339 g/mol. The van der Waals surface area contributed by atoms with Crippen LogP contribution in [0.1, 0.15) is 12.5 Å². The summed E-state index contributed by atoms with van der Waals surface area (Å²) in [7, 11) is -1.95. The average Bonchev–Trinajstić information content (AvgIpc) is 2.27. The van der Waals surface area contributed by atoms with E-state index < -0.39 is 10.0 Å². The molecule has 0 saturated carbocycles. The van der Waals surface area contributed by atoms with Crippen molar-refractivity contribution >= 4 is 26.0 Å². The fraction of sp³-hybridized carbons (Fsp3) is 0.455. The Morgan fingerprint density at radius 3 is 2.72 bits per heavy atom. The molecule has 0 aliphatic heterocycles. The van der Waals surface area contributed by atoms with Gasteiger partial charge in [0.2, 0.25) is 10.0 Å². The molecular weight excluding hydrogens is 325 g/mol. The van der Waals surface area contributed by atoms with Crippen LogP contribution in [0.5, 0.6) is 0 Å². The highest BCUT2D eigenvalue weighted by Gasteiger charge is 2.15. The van der Waals surface area contributed by atoms with Gasteiger partial charge in [0, 0.05) is 18.1 Å². The number of methoxy groups -OCH3 is 1. The Kier molecular flexibility index (Phi) is 5.71. The zero-order valence-corrected chi connectivity index (χ0v) is 12.5. The molecule has 1 unspecified atom stereocenters. The average molecular weight is 340 g/mol. The molecule has 18 heavy (non-hydrogen) atoms. The highest BCUT2D eigenvalue weighted by atomic mass is 79.9. The zero-order valence-electron chi connectivity index (χ0n) is 10.1. The van der Waals surface area contributed by atoms with Gasteiger partial charge >= 0.3 is 0 Å². The molecule has 0 spiro atoms. The normalized spacial score (nSPS) is 13.6. The van der Waals surface area contributed by atoms with Gasteiger partial charge in [-0.3, -0.25) is 0 Å². The maximum absolute atomic E-state index is 12.9. The Balaban J connectivity index is 2.64. The molecular formula is C11H15BrFNO3S. The summed E-state index contributed by atoms with van der Waals surface area (Å²) in [5.74, 6) is -0.482.